The van der Waals surface area contributed by atoms with Crippen molar-refractivity contribution in [2.24, 2.45) is 0 Å². The quantitative estimate of drug-likeness (QED) is 0.462. The first-order chi connectivity index (χ1) is 4.68. The van der Waals surface area contributed by atoms with Crippen LogP contribution in [-0.4, -0.2) is 37.9 Å². The maximum Gasteiger partial charge on any atom is 0.424 e. The topological polar surface area (TPSA) is 38.8 Å². The van der Waals surface area contributed by atoms with Crippen LogP contribution in [0.4, 0.5) is 4.79 Å². The van der Waals surface area contributed by atoms with E-state index in [0.29, 0.717) is 6.61 Å². The van der Waals surface area contributed by atoms with Gasteiger partial charge in [-0.15, -0.1) is 0 Å². The smallest absolute Gasteiger partial charge is 0.424 e. The number of nitrogens with zero attached hydrogens (tertiary/aromatic N) is 1. The second-order valence-corrected chi connectivity index (χ2v) is 2.09. The number of rotatable bonds is 3. The largest absolute Gasteiger partial charge is 0.446 e. The molecular weight excluding hydrogens is 158 g/mol. The fourth-order valence-electron chi connectivity index (χ4n) is 0.301. The van der Waals surface area contributed by atoms with Crippen LogP contribution < -0.4 is 0 Å². The Balaban J connectivity index is 3.22. The molecule has 0 atom stereocenters. The molecule has 0 aliphatic rings. The first-order valence-electron chi connectivity index (χ1n) is 2.73. The average molecular weight is 168 g/mol. The molecule has 0 aromatic rings. The standard InChI is InChI=1S/C5H10ClNO3/c1-7(6)5(8)10-4-3-9-2/h3-4H2,1-2H3. The SMILES string of the molecule is COCCOC(=O)N(C)Cl. The van der Waals surface area contributed by atoms with Gasteiger partial charge in [-0.05, 0) is 0 Å². The number of carbonyl (C=O) groups excluding carboxylic acids is 1. The number of halogens is 1. The Hall–Kier alpha value is -0.480. The third-order valence-corrected chi connectivity index (χ3v) is 0.903. The van der Waals surface area contributed by atoms with Crippen molar-refractivity contribution in [3.63, 3.8) is 0 Å². The van der Waals surface area contributed by atoms with Crippen molar-refractivity contribution in [2.45, 2.75) is 0 Å². The minimum absolute atomic E-state index is 0.229. The summed E-state index contributed by atoms with van der Waals surface area (Å²) < 4.78 is 10.0. The fraction of sp³-hybridized carbons (Fsp3) is 0.800. The van der Waals surface area contributed by atoms with E-state index in [4.69, 9.17) is 11.8 Å². The lowest BCUT2D eigenvalue weighted by atomic mass is 10.8. The summed E-state index contributed by atoms with van der Waals surface area (Å²) in [5.41, 5.74) is 0. The molecule has 0 fully saturated rings. The number of methoxy groups -OCH3 is 1. The third kappa shape index (κ3) is 4.40. The molecular formula is C5H10ClNO3. The van der Waals surface area contributed by atoms with Gasteiger partial charge in [0.2, 0.25) is 0 Å². The molecule has 1 amide bonds. The van der Waals surface area contributed by atoms with Crippen molar-refractivity contribution in [1.82, 2.24) is 4.42 Å². The van der Waals surface area contributed by atoms with Gasteiger partial charge in [0.1, 0.15) is 6.61 Å². The van der Waals surface area contributed by atoms with E-state index < -0.39 is 6.09 Å². The molecule has 0 rings (SSSR count). The van der Waals surface area contributed by atoms with Crippen molar-refractivity contribution < 1.29 is 14.3 Å². The Morgan fingerprint density at radius 2 is 2.20 bits per heavy atom. The van der Waals surface area contributed by atoms with Crippen molar-refractivity contribution >= 4 is 17.9 Å². The monoisotopic (exact) mass is 167 g/mol. The average Bonchev–Trinajstić information content (AvgIpc) is 1.88. The van der Waals surface area contributed by atoms with Crippen molar-refractivity contribution in [3.8, 4) is 0 Å². The molecule has 60 valence electrons. The van der Waals surface area contributed by atoms with Crippen LogP contribution in [-0.2, 0) is 9.47 Å². The number of hydrogen-bond donors (Lipinski definition) is 0. The zero-order valence-corrected chi connectivity index (χ0v) is 6.72. The van der Waals surface area contributed by atoms with Crippen molar-refractivity contribution in [1.29, 1.82) is 0 Å². The molecule has 5 heteroatoms. The van der Waals surface area contributed by atoms with E-state index >= 15 is 0 Å². The molecule has 0 aliphatic heterocycles. The second-order valence-electron chi connectivity index (χ2n) is 1.58. The molecule has 0 heterocycles. The van der Waals surface area contributed by atoms with Crippen molar-refractivity contribution in [2.75, 3.05) is 27.4 Å². The van der Waals surface area contributed by atoms with Crippen LogP contribution in [0, 0.1) is 0 Å². The summed E-state index contributed by atoms with van der Waals surface area (Å²) in [4.78, 5) is 10.5. The predicted octanol–water partition coefficient (Wildman–Crippen LogP) is 0.855. The zero-order valence-electron chi connectivity index (χ0n) is 5.96. The molecule has 4 nitrogen and oxygen atoms in total. The van der Waals surface area contributed by atoms with Gasteiger partial charge < -0.3 is 9.47 Å². The van der Waals surface area contributed by atoms with E-state index in [9.17, 15) is 4.79 Å². The van der Waals surface area contributed by atoms with Gasteiger partial charge in [-0.25, -0.2) is 9.21 Å². The van der Waals surface area contributed by atoms with Gasteiger partial charge in [-0.2, -0.15) is 0 Å². The van der Waals surface area contributed by atoms with Gasteiger partial charge >= 0.3 is 6.09 Å². The molecule has 10 heavy (non-hydrogen) atoms. The summed E-state index contributed by atoms with van der Waals surface area (Å²) in [6.07, 6.45) is -0.571. The Kier molecular flexibility index (Phi) is 5.06. The molecule has 0 aliphatic carbocycles. The lowest BCUT2D eigenvalue weighted by Gasteiger charge is -2.06. The highest BCUT2D eigenvalue weighted by Gasteiger charge is 2.04. The van der Waals surface area contributed by atoms with Crippen LogP contribution in [0.1, 0.15) is 0 Å². The second kappa shape index (κ2) is 5.32. The van der Waals surface area contributed by atoms with Crippen LogP contribution >= 0.6 is 11.8 Å². The van der Waals surface area contributed by atoms with Gasteiger partial charge in [0.15, 0.2) is 0 Å². The van der Waals surface area contributed by atoms with Crippen LogP contribution in [0.5, 0.6) is 0 Å². The molecule has 0 aromatic heterocycles. The Labute approximate surface area is 64.8 Å². The van der Waals surface area contributed by atoms with Crippen LogP contribution in [0.15, 0.2) is 0 Å². The van der Waals surface area contributed by atoms with Gasteiger partial charge in [0.05, 0.1) is 6.61 Å². The summed E-state index contributed by atoms with van der Waals surface area (Å²) in [6.45, 7) is 0.614. The van der Waals surface area contributed by atoms with E-state index in [2.05, 4.69) is 9.47 Å². The van der Waals surface area contributed by atoms with Gasteiger partial charge in [0, 0.05) is 25.9 Å². The van der Waals surface area contributed by atoms with E-state index in [1.165, 1.54) is 14.2 Å². The Morgan fingerprint density at radius 1 is 1.60 bits per heavy atom. The molecule has 0 bridgehead atoms. The maximum absolute atomic E-state index is 10.5. The highest BCUT2D eigenvalue weighted by Crippen LogP contribution is 1.92. The van der Waals surface area contributed by atoms with Gasteiger partial charge in [-0.3, -0.25) is 0 Å². The minimum atomic E-state index is -0.571. The summed E-state index contributed by atoms with van der Waals surface area (Å²) >= 11 is 5.23. The lowest BCUT2D eigenvalue weighted by Crippen LogP contribution is -2.19. The summed E-state index contributed by atoms with van der Waals surface area (Å²) in [5, 5.41) is 0. The number of amides is 1. The van der Waals surface area contributed by atoms with E-state index in [-0.39, 0.29) is 6.61 Å². The van der Waals surface area contributed by atoms with E-state index in [1.807, 2.05) is 0 Å². The normalized spacial score (nSPS) is 9.10. The fourth-order valence-corrected chi connectivity index (χ4v) is 0.350. The molecule has 0 spiro atoms. The zero-order chi connectivity index (χ0) is 7.98. The Bertz CT molecular complexity index is 107. The van der Waals surface area contributed by atoms with Crippen LogP contribution in [0.3, 0.4) is 0 Å². The minimum Gasteiger partial charge on any atom is -0.446 e. The summed E-state index contributed by atoms with van der Waals surface area (Å²) in [5.74, 6) is 0. The molecule has 0 unspecified atom stereocenters. The summed E-state index contributed by atoms with van der Waals surface area (Å²) in [6, 6.07) is 0. The summed E-state index contributed by atoms with van der Waals surface area (Å²) in [7, 11) is 2.93. The third-order valence-electron chi connectivity index (χ3n) is 0.765. The number of carbonyl (C=O) groups is 1. The lowest BCUT2D eigenvalue weighted by molar-refractivity contribution is 0.0895. The molecule has 0 saturated carbocycles. The van der Waals surface area contributed by atoms with Gasteiger partial charge in [-0.1, -0.05) is 0 Å². The first-order valence-corrected chi connectivity index (χ1v) is 3.07. The van der Waals surface area contributed by atoms with E-state index in [0.717, 1.165) is 4.42 Å². The number of hydrogen-bond acceptors (Lipinski definition) is 3. The highest BCUT2D eigenvalue weighted by molar-refractivity contribution is 6.19. The van der Waals surface area contributed by atoms with Crippen molar-refractivity contribution in [3.05, 3.63) is 0 Å². The maximum atomic E-state index is 10.5. The first kappa shape index (κ1) is 9.52. The number of ether oxygens (including phenoxy) is 2. The highest BCUT2D eigenvalue weighted by atomic mass is 35.5. The molecule has 0 saturated heterocycles. The molecule has 0 aromatic carbocycles. The molecule has 0 N–H and O–H groups in total. The van der Waals surface area contributed by atoms with Gasteiger partial charge in [0.25, 0.3) is 0 Å². The Morgan fingerprint density at radius 3 is 2.60 bits per heavy atom. The predicted molar refractivity (Wildman–Crippen MR) is 36.8 cm³/mol. The van der Waals surface area contributed by atoms with E-state index in [1.54, 1.807) is 0 Å². The van der Waals surface area contributed by atoms with Crippen LogP contribution in [0.2, 0.25) is 0 Å². The molecule has 0 radical (unpaired) electrons. The van der Waals surface area contributed by atoms with Crippen LogP contribution in [0.25, 0.3) is 0 Å².